The van der Waals surface area contributed by atoms with E-state index in [1.54, 1.807) is 24.8 Å². The molecule has 0 bridgehead atoms. The van der Waals surface area contributed by atoms with Crippen LogP contribution in [0.25, 0.3) is 0 Å². The average Bonchev–Trinajstić information content (AvgIpc) is 2.49. The Balaban J connectivity index is 1.57. The highest BCUT2D eigenvalue weighted by Gasteiger charge is 2.21. The second-order valence-electron chi connectivity index (χ2n) is 4.81. The predicted molar refractivity (Wildman–Crippen MR) is 74.7 cm³/mol. The van der Waals surface area contributed by atoms with Crippen molar-refractivity contribution in [2.24, 2.45) is 0 Å². The van der Waals surface area contributed by atoms with Gasteiger partial charge in [-0.15, -0.1) is 0 Å². The van der Waals surface area contributed by atoms with Crippen molar-refractivity contribution in [1.82, 2.24) is 19.9 Å². The molecule has 6 nitrogen and oxygen atoms in total. The first-order valence-electron chi connectivity index (χ1n) is 6.78. The zero-order chi connectivity index (χ0) is 13.8. The maximum atomic E-state index is 5.83. The van der Waals surface area contributed by atoms with E-state index in [9.17, 15) is 0 Å². The van der Waals surface area contributed by atoms with E-state index in [-0.39, 0.29) is 6.10 Å². The molecule has 0 aromatic carbocycles. The van der Waals surface area contributed by atoms with Gasteiger partial charge >= 0.3 is 0 Å². The lowest BCUT2D eigenvalue weighted by molar-refractivity contribution is 0.163. The van der Waals surface area contributed by atoms with Gasteiger partial charge in [-0.1, -0.05) is 0 Å². The molecule has 104 valence electrons. The first kappa shape index (κ1) is 12.8. The van der Waals surface area contributed by atoms with Crippen LogP contribution < -0.4 is 9.64 Å². The number of aromatic nitrogens is 4. The second kappa shape index (κ2) is 5.81. The quantitative estimate of drug-likeness (QED) is 0.845. The smallest absolute Gasteiger partial charge is 0.232 e. The lowest BCUT2D eigenvalue weighted by Crippen LogP contribution is -2.38. The van der Waals surface area contributed by atoms with Crippen LogP contribution >= 0.6 is 0 Å². The van der Waals surface area contributed by atoms with Gasteiger partial charge in [0, 0.05) is 44.5 Å². The summed E-state index contributed by atoms with van der Waals surface area (Å²) in [4.78, 5) is 19.0. The van der Waals surface area contributed by atoms with E-state index in [1.807, 2.05) is 13.0 Å². The van der Waals surface area contributed by atoms with Gasteiger partial charge in [0.15, 0.2) is 0 Å². The van der Waals surface area contributed by atoms with Gasteiger partial charge in [-0.25, -0.2) is 15.0 Å². The summed E-state index contributed by atoms with van der Waals surface area (Å²) in [5, 5.41) is 0. The molecule has 0 atom stereocenters. The maximum Gasteiger partial charge on any atom is 0.232 e. The number of hydrogen-bond donors (Lipinski definition) is 0. The Morgan fingerprint density at radius 1 is 1.15 bits per heavy atom. The summed E-state index contributed by atoms with van der Waals surface area (Å²) in [5.41, 5.74) is 0. The van der Waals surface area contributed by atoms with Crippen molar-refractivity contribution < 1.29 is 4.74 Å². The minimum atomic E-state index is 0.200. The largest absolute Gasteiger partial charge is 0.473 e. The van der Waals surface area contributed by atoms with Gasteiger partial charge in [-0.2, -0.15) is 0 Å². The SMILES string of the molecule is Cc1nccc(N2CCC(Oc3cnccn3)CC2)n1. The van der Waals surface area contributed by atoms with Crippen LogP contribution in [0.1, 0.15) is 18.7 Å². The summed E-state index contributed by atoms with van der Waals surface area (Å²) in [7, 11) is 0. The maximum absolute atomic E-state index is 5.83. The Kier molecular flexibility index (Phi) is 3.71. The summed E-state index contributed by atoms with van der Waals surface area (Å²) in [6.45, 7) is 3.77. The zero-order valence-corrected chi connectivity index (χ0v) is 11.4. The fourth-order valence-corrected chi connectivity index (χ4v) is 2.34. The van der Waals surface area contributed by atoms with Gasteiger partial charge in [0.25, 0.3) is 0 Å². The van der Waals surface area contributed by atoms with Crippen LogP contribution in [0, 0.1) is 6.92 Å². The fraction of sp³-hybridized carbons (Fsp3) is 0.429. The van der Waals surface area contributed by atoms with E-state index in [1.165, 1.54) is 0 Å². The van der Waals surface area contributed by atoms with Crippen LogP contribution in [-0.4, -0.2) is 39.1 Å². The molecule has 3 rings (SSSR count). The number of hydrogen-bond acceptors (Lipinski definition) is 6. The van der Waals surface area contributed by atoms with Gasteiger partial charge in [-0.3, -0.25) is 4.98 Å². The van der Waals surface area contributed by atoms with E-state index >= 15 is 0 Å². The number of ether oxygens (including phenoxy) is 1. The highest BCUT2D eigenvalue weighted by atomic mass is 16.5. The molecular weight excluding hydrogens is 254 g/mol. The Labute approximate surface area is 117 Å². The highest BCUT2D eigenvalue weighted by Crippen LogP contribution is 2.20. The van der Waals surface area contributed by atoms with Crippen molar-refractivity contribution in [3.63, 3.8) is 0 Å². The fourth-order valence-electron chi connectivity index (χ4n) is 2.34. The normalized spacial score (nSPS) is 16.1. The molecule has 0 aliphatic carbocycles. The molecule has 1 fully saturated rings. The van der Waals surface area contributed by atoms with Crippen molar-refractivity contribution in [2.45, 2.75) is 25.9 Å². The van der Waals surface area contributed by atoms with Gasteiger partial charge in [0.1, 0.15) is 17.7 Å². The molecule has 0 saturated carbocycles. The molecule has 6 heteroatoms. The summed E-state index contributed by atoms with van der Waals surface area (Å²) >= 11 is 0. The summed E-state index contributed by atoms with van der Waals surface area (Å²) in [5.74, 6) is 2.40. The van der Waals surface area contributed by atoms with Gasteiger partial charge < -0.3 is 9.64 Å². The third-order valence-electron chi connectivity index (χ3n) is 3.35. The Hall–Kier alpha value is -2.24. The zero-order valence-electron chi connectivity index (χ0n) is 11.4. The lowest BCUT2D eigenvalue weighted by atomic mass is 10.1. The molecule has 0 N–H and O–H groups in total. The molecule has 2 aromatic rings. The van der Waals surface area contributed by atoms with Crippen molar-refractivity contribution in [1.29, 1.82) is 0 Å². The molecule has 0 spiro atoms. The van der Waals surface area contributed by atoms with Crippen molar-refractivity contribution in [2.75, 3.05) is 18.0 Å². The molecule has 1 aliphatic rings. The van der Waals surface area contributed by atoms with Crippen LogP contribution in [0.3, 0.4) is 0 Å². The average molecular weight is 271 g/mol. The molecule has 3 heterocycles. The third kappa shape index (κ3) is 3.01. The minimum absolute atomic E-state index is 0.200. The summed E-state index contributed by atoms with van der Waals surface area (Å²) in [6, 6.07) is 1.96. The first-order chi connectivity index (χ1) is 9.81. The molecule has 0 amide bonds. The van der Waals surface area contributed by atoms with Crippen molar-refractivity contribution in [3.8, 4) is 5.88 Å². The number of anilines is 1. The Bertz CT molecular complexity index is 555. The van der Waals surface area contributed by atoms with Crippen LogP contribution in [0.2, 0.25) is 0 Å². The van der Waals surface area contributed by atoms with Crippen LogP contribution in [-0.2, 0) is 0 Å². The third-order valence-corrected chi connectivity index (χ3v) is 3.35. The molecule has 2 aromatic heterocycles. The van der Waals surface area contributed by atoms with Crippen LogP contribution in [0.5, 0.6) is 5.88 Å². The molecule has 0 radical (unpaired) electrons. The van der Waals surface area contributed by atoms with E-state index < -0.39 is 0 Å². The molecular formula is C14H17N5O. The minimum Gasteiger partial charge on any atom is -0.473 e. The number of piperidine rings is 1. The van der Waals surface area contributed by atoms with E-state index in [2.05, 4.69) is 24.8 Å². The predicted octanol–water partition coefficient (Wildman–Crippen LogP) is 1.62. The second-order valence-corrected chi connectivity index (χ2v) is 4.81. The van der Waals surface area contributed by atoms with Crippen molar-refractivity contribution >= 4 is 5.82 Å². The van der Waals surface area contributed by atoms with Gasteiger partial charge in [0.05, 0.1) is 6.20 Å². The molecule has 20 heavy (non-hydrogen) atoms. The Morgan fingerprint density at radius 2 is 2.00 bits per heavy atom. The number of nitrogens with zero attached hydrogens (tertiary/aromatic N) is 5. The van der Waals surface area contributed by atoms with Gasteiger partial charge in [-0.05, 0) is 13.0 Å². The van der Waals surface area contributed by atoms with Crippen LogP contribution in [0.15, 0.2) is 30.9 Å². The monoisotopic (exact) mass is 271 g/mol. The highest BCUT2D eigenvalue weighted by molar-refractivity contribution is 5.37. The van der Waals surface area contributed by atoms with Crippen molar-refractivity contribution in [3.05, 3.63) is 36.7 Å². The van der Waals surface area contributed by atoms with E-state index in [4.69, 9.17) is 4.74 Å². The summed E-state index contributed by atoms with van der Waals surface area (Å²) in [6.07, 6.45) is 8.87. The van der Waals surface area contributed by atoms with Gasteiger partial charge in [0.2, 0.25) is 5.88 Å². The lowest BCUT2D eigenvalue weighted by Gasteiger charge is -2.32. The number of rotatable bonds is 3. The number of aryl methyl sites for hydroxylation is 1. The molecule has 1 aliphatic heterocycles. The first-order valence-corrected chi connectivity index (χ1v) is 6.78. The van der Waals surface area contributed by atoms with Crippen LogP contribution in [0.4, 0.5) is 5.82 Å². The molecule has 1 saturated heterocycles. The Morgan fingerprint density at radius 3 is 2.70 bits per heavy atom. The topological polar surface area (TPSA) is 64.0 Å². The molecule has 0 unspecified atom stereocenters. The standard InChI is InChI=1S/C14H17N5O/c1-11-16-5-2-13(18-11)19-8-3-12(4-9-19)20-14-10-15-6-7-17-14/h2,5-7,10,12H,3-4,8-9H2,1H3. The van der Waals surface area contributed by atoms with E-state index in [0.29, 0.717) is 5.88 Å². The van der Waals surface area contributed by atoms with E-state index in [0.717, 1.165) is 37.6 Å². The summed E-state index contributed by atoms with van der Waals surface area (Å²) < 4.78 is 5.83.